The molecule has 15 heavy (non-hydrogen) atoms. The van der Waals surface area contributed by atoms with Crippen molar-refractivity contribution in [1.29, 1.82) is 0 Å². The number of hydrogen-bond donors (Lipinski definition) is 0. The van der Waals surface area contributed by atoms with Crippen LogP contribution in [0, 0.1) is 5.41 Å². The Bertz CT molecular complexity index is 396. The van der Waals surface area contributed by atoms with Crippen LogP contribution in [0.4, 0.5) is 0 Å². The lowest BCUT2D eigenvalue weighted by Crippen LogP contribution is -2.28. The highest BCUT2D eigenvalue weighted by molar-refractivity contribution is 5.97. The number of nitrogens with zero attached hydrogens (tertiary/aromatic N) is 1. The summed E-state index contributed by atoms with van der Waals surface area (Å²) in [6, 6.07) is 0. The molecule has 1 heterocycles. The van der Waals surface area contributed by atoms with Crippen molar-refractivity contribution < 1.29 is 0 Å². The summed E-state index contributed by atoms with van der Waals surface area (Å²) >= 11 is 0. The molecule has 1 saturated carbocycles. The van der Waals surface area contributed by atoms with E-state index in [1.807, 2.05) is 6.92 Å². The Hall–Kier alpha value is -1.11. The molecular formula is C14H19N. The van der Waals surface area contributed by atoms with Gasteiger partial charge >= 0.3 is 0 Å². The summed E-state index contributed by atoms with van der Waals surface area (Å²) in [5.74, 6) is 0. The number of fused-ring (bicyclic) bond motifs is 1. The van der Waals surface area contributed by atoms with Crippen LogP contribution in [-0.4, -0.2) is 5.71 Å². The van der Waals surface area contributed by atoms with Crippen molar-refractivity contribution in [3.05, 3.63) is 35.6 Å². The fraction of sp³-hybridized carbons (Fsp3) is 0.500. The predicted molar refractivity (Wildman–Crippen MR) is 66.0 cm³/mol. The highest BCUT2D eigenvalue weighted by Crippen LogP contribution is 2.47. The van der Waals surface area contributed by atoms with Crippen LogP contribution in [0.5, 0.6) is 0 Å². The lowest BCUT2D eigenvalue weighted by atomic mass is 9.74. The van der Waals surface area contributed by atoms with Gasteiger partial charge in [-0.05, 0) is 44.3 Å². The second-order valence-electron chi connectivity index (χ2n) is 4.72. The quantitative estimate of drug-likeness (QED) is 0.607. The van der Waals surface area contributed by atoms with Crippen molar-refractivity contribution >= 4 is 5.71 Å². The maximum atomic E-state index is 4.75. The largest absolute Gasteiger partial charge is 0.261 e. The summed E-state index contributed by atoms with van der Waals surface area (Å²) in [4.78, 5) is 4.75. The SMILES string of the molecule is C=C1C(/C=C\C)=C(C)N=C2CCCC12C. The van der Waals surface area contributed by atoms with E-state index < -0.39 is 0 Å². The minimum Gasteiger partial charge on any atom is -0.261 e. The van der Waals surface area contributed by atoms with Gasteiger partial charge in [0.05, 0.1) is 0 Å². The van der Waals surface area contributed by atoms with Crippen molar-refractivity contribution in [1.82, 2.24) is 0 Å². The van der Waals surface area contributed by atoms with E-state index in [9.17, 15) is 0 Å². The molecule has 0 aromatic carbocycles. The summed E-state index contributed by atoms with van der Waals surface area (Å²) in [6.07, 6.45) is 7.82. The van der Waals surface area contributed by atoms with Crippen LogP contribution in [0.25, 0.3) is 0 Å². The molecule has 0 N–H and O–H groups in total. The summed E-state index contributed by atoms with van der Waals surface area (Å²) < 4.78 is 0. The lowest BCUT2D eigenvalue weighted by molar-refractivity contribution is 0.546. The second kappa shape index (κ2) is 3.48. The van der Waals surface area contributed by atoms with Gasteiger partial charge in [-0.3, -0.25) is 4.99 Å². The topological polar surface area (TPSA) is 12.4 Å². The molecule has 0 saturated heterocycles. The van der Waals surface area contributed by atoms with Crippen molar-refractivity contribution in [3.8, 4) is 0 Å². The molecule has 0 amide bonds. The first-order valence-electron chi connectivity index (χ1n) is 5.71. The number of hydrogen-bond acceptors (Lipinski definition) is 1. The van der Waals surface area contributed by atoms with Crippen molar-refractivity contribution in [2.45, 2.75) is 40.0 Å². The number of aliphatic imine (C=N–C) groups is 1. The van der Waals surface area contributed by atoms with Crippen LogP contribution in [0.2, 0.25) is 0 Å². The van der Waals surface area contributed by atoms with Gasteiger partial charge in [-0.1, -0.05) is 25.7 Å². The third-order valence-electron chi connectivity index (χ3n) is 3.74. The Morgan fingerprint density at radius 1 is 1.47 bits per heavy atom. The van der Waals surface area contributed by atoms with E-state index in [0.29, 0.717) is 0 Å². The first-order valence-corrected chi connectivity index (χ1v) is 5.71. The van der Waals surface area contributed by atoms with Crippen molar-refractivity contribution in [2.75, 3.05) is 0 Å². The molecule has 1 heteroatoms. The van der Waals surface area contributed by atoms with Gasteiger partial charge in [-0.25, -0.2) is 0 Å². The molecule has 2 aliphatic rings. The second-order valence-corrected chi connectivity index (χ2v) is 4.72. The van der Waals surface area contributed by atoms with Gasteiger partial charge in [0.25, 0.3) is 0 Å². The highest BCUT2D eigenvalue weighted by atomic mass is 14.8. The summed E-state index contributed by atoms with van der Waals surface area (Å²) in [5, 5.41) is 0. The van der Waals surface area contributed by atoms with Gasteiger partial charge in [0.2, 0.25) is 0 Å². The lowest BCUT2D eigenvalue weighted by Gasteiger charge is -2.32. The molecule has 1 aliphatic carbocycles. The van der Waals surface area contributed by atoms with E-state index in [1.54, 1.807) is 0 Å². The minimum absolute atomic E-state index is 0.147. The Balaban J connectivity index is 2.51. The minimum atomic E-state index is 0.147. The summed E-state index contributed by atoms with van der Waals surface area (Å²) in [6.45, 7) is 10.7. The Labute approximate surface area is 92.3 Å². The van der Waals surface area contributed by atoms with Crippen LogP contribution >= 0.6 is 0 Å². The molecular weight excluding hydrogens is 182 g/mol. The van der Waals surface area contributed by atoms with Gasteiger partial charge in [0.15, 0.2) is 0 Å². The van der Waals surface area contributed by atoms with Crippen LogP contribution in [0.1, 0.15) is 40.0 Å². The summed E-state index contributed by atoms with van der Waals surface area (Å²) in [5.41, 5.74) is 5.13. The Kier molecular flexibility index (Phi) is 2.41. The number of rotatable bonds is 1. The first kappa shape index (κ1) is 10.4. The molecule has 1 unspecified atom stereocenters. The predicted octanol–water partition coefficient (Wildman–Crippen LogP) is 4.04. The molecule has 0 spiro atoms. The van der Waals surface area contributed by atoms with Gasteiger partial charge in [0, 0.05) is 16.8 Å². The van der Waals surface area contributed by atoms with Gasteiger partial charge in [-0.2, -0.15) is 0 Å². The molecule has 0 bridgehead atoms. The molecule has 1 nitrogen and oxygen atoms in total. The fourth-order valence-electron chi connectivity index (χ4n) is 2.70. The smallest absolute Gasteiger partial charge is 0.0447 e. The first-order chi connectivity index (χ1) is 7.09. The third kappa shape index (κ3) is 1.41. The molecule has 80 valence electrons. The van der Waals surface area contributed by atoms with E-state index in [2.05, 4.69) is 32.6 Å². The average molecular weight is 201 g/mol. The van der Waals surface area contributed by atoms with Gasteiger partial charge in [-0.15, -0.1) is 0 Å². The van der Waals surface area contributed by atoms with E-state index in [0.717, 1.165) is 12.1 Å². The van der Waals surface area contributed by atoms with E-state index in [-0.39, 0.29) is 5.41 Å². The molecule has 0 aromatic rings. The maximum Gasteiger partial charge on any atom is 0.0447 e. The standard InChI is InChI=1S/C14H19N/c1-5-7-12-10(2)14(4)9-6-8-13(14)15-11(12)3/h5,7H,2,6,8-9H2,1,3-4H3/b7-5-. The number of allylic oxidation sites excluding steroid dienone is 5. The van der Waals surface area contributed by atoms with Crippen LogP contribution in [0.15, 0.2) is 40.6 Å². The van der Waals surface area contributed by atoms with Gasteiger partial charge in [0.1, 0.15) is 0 Å². The zero-order chi connectivity index (χ0) is 11.1. The molecule has 1 atom stereocenters. The molecule has 1 aliphatic heterocycles. The van der Waals surface area contributed by atoms with E-state index >= 15 is 0 Å². The fourth-order valence-corrected chi connectivity index (χ4v) is 2.70. The van der Waals surface area contributed by atoms with E-state index in [4.69, 9.17) is 4.99 Å². The van der Waals surface area contributed by atoms with Crippen LogP contribution in [0.3, 0.4) is 0 Å². The third-order valence-corrected chi connectivity index (χ3v) is 3.74. The molecule has 2 rings (SSSR count). The Morgan fingerprint density at radius 3 is 2.87 bits per heavy atom. The zero-order valence-electron chi connectivity index (χ0n) is 9.93. The molecule has 0 aromatic heterocycles. The van der Waals surface area contributed by atoms with Crippen molar-refractivity contribution in [3.63, 3.8) is 0 Å². The van der Waals surface area contributed by atoms with E-state index in [1.165, 1.54) is 29.7 Å². The highest BCUT2D eigenvalue weighted by Gasteiger charge is 2.41. The van der Waals surface area contributed by atoms with Crippen LogP contribution in [-0.2, 0) is 0 Å². The summed E-state index contributed by atoms with van der Waals surface area (Å²) in [7, 11) is 0. The zero-order valence-corrected chi connectivity index (χ0v) is 9.93. The normalized spacial score (nSPS) is 31.1. The molecule has 1 fully saturated rings. The maximum absolute atomic E-state index is 4.75. The average Bonchev–Trinajstić information content (AvgIpc) is 2.56. The van der Waals surface area contributed by atoms with Crippen molar-refractivity contribution in [2.24, 2.45) is 10.4 Å². The monoisotopic (exact) mass is 201 g/mol. The van der Waals surface area contributed by atoms with Crippen LogP contribution < -0.4 is 0 Å². The van der Waals surface area contributed by atoms with Gasteiger partial charge < -0.3 is 0 Å². The molecule has 0 radical (unpaired) electrons. The Morgan fingerprint density at radius 2 is 2.20 bits per heavy atom.